The van der Waals surface area contributed by atoms with E-state index in [4.69, 9.17) is 9.47 Å². The Morgan fingerprint density at radius 3 is 2.73 bits per heavy atom. The number of hydrogen-bond donors (Lipinski definition) is 1. The molecule has 0 spiro atoms. The predicted molar refractivity (Wildman–Crippen MR) is 103 cm³/mol. The maximum atomic E-state index is 12.6. The molecule has 136 valence electrons. The molecule has 3 aromatic rings. The van der Waals surface area contributed by atoms with Gasteiger partial charge in [-0.15, -0.1) is 0 Å². The van der Waals surface area contributed by atoms with E-state index in [1.807, 2.05) is 24.3 Å². The minimum absolute atomic E-state index is 0.275. The lowest BCUT2D eigenvalue weighted by atomic mass is 10.2. The molecule has 1 N–H and O–H groups in total. The Balaban J connectivity index is 1.74. The van der Waals surface area contributed by atoms with Gasteiger partial charge in [0.05, 0.1) is 29.5 Å². The van der Waals surface area contributed by atoms with Gasteiger partial charge in [0.1, 0.15) is 0 Å². The number of methoxy groups -OCH3 is 1. The van der Waals surface area contributed by atoms with E-state index in [1.54, 1.807) is 12.1 Å². The highest BCUT2D eigenvalue weighted by Crippen LogP contribution is 2.26. The van der Waals surface area contributed by atoms with E-state index < -0.39 is 0 Å². The summed E-state index contributed by atoms with van der Waals surface area (Å²) in [6, 6.07) is 11.0. The summed E-state index contributed by atoms with van der Waals surface area (Å²) >= 11 is 1.43. The van der Waals surface area contributed by atoms with Gasteiger partial charge in [0.15, 0.2) is 5.13 Å². The maximum absolute atomic E-state index is 12.6. The molecular formula is C19H21N3O3S. The van der Waals surface area contributed by atoms with Crippen LogP contribution in [0.25, 0.3) is 10.2 Å². The number of aromatic nitrogens is 2. The largest absolute Gasteiger partial charge is 0.481 e. The molecule has 0 unspecified atom stereocenters. The van der Waals surface area contributed by atoms with Crippen molar-refractivity contribution < 1.29 is 14.3 Å². The van der Waals surface area contributed by atoms with Crippen molar-refractivity contribution in [2.45, 2.75) is 26.2 Å². The number of fused-ring (bicyclic) bond motifs is 1. The van der Waals surface area contributed by atoms with Gasteiger partial charge in [-0.2, -0.15) is 4.98 Å². The summed E-state index contributed by atoms with van der Waals surface area (Å²) in [7, 11) is 1.51. The number of rotatable bonds is 8. The predicted octanol–water partition coefficient (Wildman–Crippen LogP) is 4.52. The van der Waals surface area contributed by atoms with Crippen molar-refractivity contribution in [3.63, 3.8) is 0 Å². The van der Waals surface area contributed by atoms with Gasteiger partial charge in [0, 0.05) is 12.1 Å². The van der Waals surface area contributed by atoms with Crippen molar-refractivity contribution >= 4 is 32.6 Å². The van der Waals surface area contributed by atoms with E-state index in [2.05, 4.69) is 22.2 Å². The van der Waals surface area contributed by atoms with Crippen LogP contribution in [-0.2, 0) is 0 Å². The number of carbonyl (C=O) groups is 1. The average Bonchev–Trinajstić information content (AvgIpc) is 3.07. The highest BCUT2D eigenvalue weighted by atomic mass is 32.1. The number of anilines is 1. The number of thiazole rings is 1. The Morgan fingerprint density at radius 1 is 1.15 bits per heavy atom. The van der Waals surface area contributed by atoms with Crippen LogP contribution in [0.15, 0.2) is 36.4 Å². The Labute approximate surface area is 156 Å². The molecular weight excluding hydrogens is 350 g/mol. The van der Waals surface area contributed by atoms with Crippen molar-refractivity contribution in [3.05, 3.63) is 42.0 Å². The van der Waals surface area contributed by atoms with Crippen LogP contribution in [-0.4, -0.2) is 29.6 Å². The Kier molecular flexibility index (Phi) is 6.01. The van der Waals surface area contributed by atoms with Gasteiger partial charge in [-0.25, -0.2) is 4.98 Å². The molecule has 26 heavy (non-hydrogen) atoms. The minimum Gasteiger partial charge on any atom is -0.481 e. The zero-order valence-corrected chi connectivity index (χ0v) is 15.6. The smallest absolute Gasteiger partial charge is 0.257 e. The number of benzene rings is 1. The minimum atomic E-state index is -0.275. The number of nitrogens with one attached hydrogen (secondary N) is 1. The Bertz CT molecular complexity index is 862. The number of amides is 1. The zero-order valence-electron chi connectivity index (χ0n) is 14.8. The van der Waals surface area contributed by atoms with Gasteiger partial charge in [-0.05, 0) is 18.6 Å². The van der Waals surface area contributed by atoms with Gasteiger partial charge in [0.25, 0.3) is 5.91 Å². The van der Waals surface area contributed by atoms with Crippen molar-refractivity contribution in [2.24, 2.45) is 0 Å². The van der Waals surface area contributed by atoms with E-state index in [9.17, 15) is 4.79 Å². The molecule has 1 aromatic carbocycles. The summed E-state index contributed by atoms with van der Waals surface area (Å²) in [4.78, 5) is 21.3. The van der Waals surface area contributed by atoms with E-state index >= 15 is 0 Å². The monoisotopic (exact) mass is 371 g/mol. The van der Waals surface area contributed by atoms with Crippen molar-refractivity contribution in [1.29, 1.82) is 0 Å². The first-order valence-corrected chi connectivity index (χ1v) is 9.37. The quantitative estimate of drug-likeness (QED) is 0.589. The molecule has 3 rings (SSSR count). The average molecular weight is 371 g/mol. The Hall–Kier alpha value is -2.67. The summed E-state index contributed by atoms with van der Waals surface area (Å²) in [6.07, 6.45) is 3.16. The second-order valence-electron chi connectivity index (χ2n) is 5.73. The molecule has 7 heteroatoms. The fraction of sp³-hybridized carbons (Fsp3) is 0.316. The number of nitrogens with zero attached hydrogens (tertiary/aromatic N) is 2. The second-order valence-corrected chi connectivity index (χ2v) is 6.76. The van der Waals surface area contributed by atoms with Gasteiger partial charge in [-0.3, -0.25) is 10.1 Å². The van der Waals surface area contributed by atoms with Crippen LogP contribution < -0.4 is 14.8 Å². The van der Waals surface area contributed by atoms with Gasteiger partial charge < -0.3 is 9.47 Å². The molecule has 0 aliphatic rings. The van der Waals surface area contributed by atoms with Crippen LogP contribution in [0.3, 0.4) is 0 Å². The highest BCUT2D eigenvalue weighted by Gasteiger charge is 2.14. The molecule has 1 amide bonds. The molecule has 0 aliphatic heterocycles. The summed E-state index contributed by atoms with van der Waals surface area (Å²) in [5, 5.41) is 3.39. The number of unbranched alkanes of at least 4 members (excludes halogenated alkanes) is 2. The maximum Gasteiger partial charge on any atom is 0.257 e. The first kappa shape index (κ1) is 18.1. The fourth-order valence-electron chi connectivity index (χ4n) is 2.41. The second kappa shape index (κ2) is 8.62. The third-order valence-electron chi connectivity index (χ3n) is 3.76. The van der Waals surface area contributed by atoms with Crippen molar-refractivity contribution in [1.82, 2.24) is 9.97 Å². The molecule has 0 fully saturated rings. The molecule has 2 heterocycles. The molecule has 6 nitrogen and oxygen atoms in total. The van der Waals surface area contributed by atoms with Crippen LogP contribution in [0.2, 0.25) is 0 Å². The normalized spacial score (nSPS) is 10.7. The summed E-state index contributed by atoms with van der Waals surface area (Å²) in [6.45, 7) is 2.70. The van der Waals surface area contributed by atoms with E-state index in [1.165, 1.54) is 18.4 Å². The Morgan fingerprint density at radius 2 is 1.96 bits per heavy atom. The third kappa shape index (κ3) is 4.49. The van der Waals surface area contributed by atoms with Crippen molar-refractivity contribution in [2.75, 3.05) is 19.0 Å². The molecule has 0 atom stereocenters. The van der Waals surface area contributed by atoms with E-state index in [-0.39, 0.29) is 5.91 Å². The van der Waals surface area contributed by atoms with E-state index in [0.717, 1.165) is 29.5 Å². The lowest BCUT2D eigenvalue weighted by molar-refractivity contribution is 0.102. The van der Waals surface area contributed by atoms with E-state index in [0.29, 0.717) is 29.1 Å². The van der Waals surface area contributed by atoms with Crippen LogP contribution in [0.4, 0.5) is 5.13 Å². The first-order valence-electron chi connectivity index (χ1n) is 8.55. The zero-order chi connectivity index (χ0) is 18.4. The van der Waals surface area contributed by atoms with Crippen LogP contribution >= 0.6 is 11.3 Å². The van der Waals surface area contributed by atoms with Gasteiger partial charge >= 0.3 is 0 Å². The number of hydrogen-bond acceptors (Lipinski definition) is 6. The summed E-state index contributed by atoms with van der Waals surface area (Å²) in [5.41, 5.74) is 1.28. The number of para-hydroxylation sites is 1. The SMILES string of the molecule is CCCCCOc1cc(C(=O)Nc2nc3ccccc3s2)cc(OC)n1. The van der Waals surface area contributed by atoms with Crippen LogP contribution in [0, 0.1) is 0 Å². The number of ether oxygens (including phenoxy) is 2. The highest BCUT2D eigenvalue weighted by molar-refractivity contribution is 7.22. The molecule has 0 radical (unpaired) electrons. The van der Waals surface area contributed by atoms with Gasteiger partial charge in [-0.1, -0.05) is 43.2 Å². The van der Waals surface area contributed by atoms with Crippen LogP contribution in [0.1, 0.15) is 36.5 Å². The third-order valence-corrected chi connectivity index (χ3v) is 4.71. The molecule has 0 saturated heterocycles. The molecule has 0 aliphatic carbocycles. The summed E-state index contributed by atoms with van der Waals surface area (Å²) < 4.78 is 11.9. The molecule has 2 aromatic heterocycles. The molecule has 0 saturated carbocycles. The first-order chi connectivity index (χ1) is 12.7. The fourth-order valence-corrected chi connectivity index (χ4v) is 3.28. The van der Waals surface area contributed by atoms with Crippen LogP contribution in [0.5, 0.6) is 11.8 Å². The lowest BCUT2D eigenvalue weighted by Crippen LogP contribution is -2.13. The number of pyridine rings is 1. The molecule has 0 bridgehead atoms. The van der Waals surface area contributed by atoms with Gasteiger partial charge in [0.2, 0.25) is 11.8 Å². The standard InChI is InChI=1S/C19H21N3O3S/c1-3-4-7-10-25-17-12-13(11-16(21-17)24-2)18(23)22-19-20-14-8-5-6-9-15(14)26-19/h5-6,8-9,11-12H,3-4,7,10H2,1-2H3,(H,20,22,23). The van der Waals surface area contributed by atoms with Crippen molar-refractivity contribution in [3.8, 4) is 11.8 Å². The number of carbonyl (C=O) groups excluding carboxylic acids is 1. The summed E-state index contributed by atoms with van der Waals surface area (Å²) in [5.74, 6) is 0.450. The topological polar surface area (TPSA) is 73.3 Å². The lowest BCUT2D eigenvalue weighted by Gasteiger charge is -2.09.